The molecule has 2 heteroatoms. The van der Waals surface area contributed by atoms with E-state index in [9.17, 15) is 0 Å². The monoisotopic (exact) mass is 366 g/mol. The maximum absolute atomic E-state index is 3.78. The minimum Gasteiger partial charge on any atom is -0.0823 e. The Morgan fingerprint density at radius 1 is 0.611 bits per heavy atom. The summed E-state index contributed by atoms with van der Waals surface area (Å²) >= 11 is 7.57. The molecular weight excluding hydrogens is 352 g/mol. The second kappa shape index (κ2) is 6.03. The van der Waals surface area contributed by atoms with Crippen molar-refractivity contribution in [2.24, 2.45) is 0 Å². The van der Waals surface area contributed by atoms with Crippen molar-refractivity contribution >= 4 is 31.9 Å². The number of halogens is 2. The molecule has 0 nitrogen and oxygen atoms in total. The Morgan fingerprint density at radius 3 is 1.17 bits per heavy atom. The van der Waals surface area contributed by atoms with Gasteiger partial charge in [0.05, 0.1) is 9.65 Å². The van der Waals surface area contributed by atoms with Crippen LogP contribution in [0.4, 0.5) is 0 Å². The van der Waals surface area contributed by atoms with Gasteiger partial charge in [0.25, 0.3) is 0 Å². The van der Waals surface area contributed by atoms with Crippen LogP contribution < -0.4 is 0 Å². The van der Waals surface area contributed by atoms with E-state index in [-0.39, 0.29) is 9.65 Å². The summed E-state index contributed by atoms with van der Waals surface area (Å²) < 4.78 is 0. The van der Waals surface area contributed by atoms with E-state index in [4.69, 9.17) is 0 Å². The van der Waals surface area contributed by atoms with Crippen molar-refractivity contribution in [1.82, 2.24) is 0 Å². The lowest BCUT2D eigenvalue weighted by Gasteiger charge is -2.18. The molecule has 0 saturated carbocycles. The lowest BCUT2D eigenvalue weighted by Crippen LogP contribution is -1.99. The molecule has 2 rings (SSSR count). The maximum atomic E-state index is 3.78. The minimum atomic E-state index is 0.279. The summed E-state index contributed by atoms with van der Waals surface area (Å²) in [7, 11) is 0. The molecule has 0 spiro atoms. The van der Waals surface area contributed by atoms with Crippen LogP contribution in [0.1, 0.15) is 31.9 Å². The molecular formula is C16H16Br2. The van der Waals surface area contributed by atoms with Gasteiger partial charge in [0, 0.05) is 0 Å². The number of alkyl halides is 2. The van der Waals surface area contributed by atoms with Gasteiger partial charge in [-0.1, -0.05) is 91.5 Å². The van der Waals surface area contributed by atoms with E-state index in [0.29, 0.717) is 0 Å². The second-order valence-electron chi connectivity index (χ2n) is 4.62. The molecule has 0 fully saturated rings. The van der Waals surface area contributed by atoms with Crippen LogP contribution in [0.3, 0.4) is 0 Å². The lowest BCUT2D eigenvalue weighted by atomic mass is 10.0. The topological polar surface area (TPSA) is 0 Å². The number of aryl methyl sites for hydroxylation is 2. The van der Waals surface area contributed by atoms with Crippen LogP contribution in [0.15, 0.2) is 48.5 Å². The average Bonchev–Trinajstić information content (AvgIpc) is 2.39. The van der Waals surface area contributed by atoms with Crippen molar-refractivity contribution in [3.8, 4) is 0 Å². The number of benzene rings is 2. The molecule has 0 aliphatic heterocycles. The van der Waals surface area contributed by atoms with Gasteiger partial charge in [-0.25, -0.2) is 0 Å². The van der Waals surface area contributed by atoms with Gasteiger partial charge in [0.15, 0.2) is 0 Å². The van der Waals surface area contributed by atoms with Crippen LogP contribution in [-0.2, 0) is 0 Å². The van der Waals surface area contributed by atoms with Crippen molar-refractivity contribution in [2.45, 2.75) is 23.5 Å². The Hall–Kier alpha value is -0.600. The van der Waals surface area contributed by atoms with Gasteiger partial charge in [-0.3, -0.25) is 0 Å². The van der Waals surface area contributed by atoms with Crippen molar-refractivity contribution < 1.29 is 0 Å². The zero-order chi connectivity index (χ0) is 13.1. The van der Waals surface area contributed by atoms with E-state index in [1.807, 2.05) is 0 Å². The molecule has 0 N–H and O–H groups in total. The highest BCUT2D eigenvalue weighted by Gasteiger charge is 2.19. The predicted molar refractivity (Wildman–Crippen MR) is 85.7 cm³/mol. The van der Waals surface area contributed by atoms with Crippen LogP contribution >= 0.6 is 31.9 Å². The van der Waals surface area contributed by atoms with Crippen molar-refractivity contribution in [3.05, 3.63) is 70.8 Å². The Kier molecular flexibility index (Phi) is 4.63. The first-order chi connectivity index (χ1) is 8.58. The summed E-state index contributed by atoms with van der Waals surface area (Å²) in [6.07, 6.45) is 0. The zero-order valence-corrected chi connectivity index (χ0v) is 13.7. The van der Waals surface area contributed by atoms with E-state index in [2.05, 4.69) is 94.2 Å². The van der Waals surface area contributed by atoms with Crippen LogP contribution in [0.2, 0.25) is 0 Å². The van der Waals surface area contributed by atoms with Crippen LogP contribution in [0.5, 0.6) is 0 Å². The van der Waals surface area contributed by atoms with Gasteiger partial charge >= 0.3 is 0 Å². The average molecular weight is 368 g/mol. The summed E-state index contributed by atoms with van der Waals surface area (Å²) in [5.41, 5.74) is 5.17. The highest BCUT2D eigenvalue weighted by atomic mass is 79.9. The standard InChI is InChI=1S/C16H16Br2/c1-11-3-7-13(8-4-11)15(17)16(18)14-9-5-12(2)6-10-14/h3-10,15-16H,1-2H3. The van der Waals surface area contributed by atoms with Crippen LogP contribution in [0.25, 0.3) is 0 Å². The van der Waals surface area contributed by atoms with Gasteiger partial charge in [0.2, 0.25) is 0 Å². The smallest absolute Gasteiger partial charge is 0.0561 e. The largest absolute Gasteiger partial charge is 0.0823 e. The van der Waals surface area contributed by atoms with Gasteiger partial charge in [0.1, 0.15) is 0 Å². The third-order valence-corrected chi connectivity index (χ3v) is 5.87. The normalized spacial score (nSPS) is 14.2. The summed E-state index contributed by atoms with van der Waals surface area (Å²) in [4.78, 5) is 0.557. The molecule has 0 aromatic heterocycles. The van der Waals surface area contributed by atoms with Crippen molar-refractivity contribution in [3.63, 3.8) is 0 Å². The first kappa shape index (κ1) is 13.8. The molecule has 2 unspecified atom stereocenters. The molecule has 0 bridgehead atoms. The van der Waals surface area contributed by atoms with Crippen LogP contribution in [0, 0.1) is 13.8 Å². The highest BCUT2D eigenvalue weighted by molar-refractivity contribution is 9.12. The van der Waals surface area contributed by atoms with E-state index in [0.717, 1.165) is 0 Å². The van der Waals surface area contributed by atoms with Gasteiger partial charge in [-0.2, -0.15) is 0 Å². The molecule has 2 aromatic rings. The van der Waals surface area contributed by atoms with E-state index in [1.165, 1.54) is 22.3 Å². The molecule has 0 aliphatic rings. The SMILES string of the molecule is Cc1ccc(C(Br)C(Br)c2ccc(C)cc2)cc1. The molecule has 0 saturated heterocycles. The van der Waals surface area contributed by atoms with E-state index < -0.39 is 0 Å². The summed E-state index contributed by atoms with van der Waals surface area (Å²) in [6, 6.07) is 17.3. The number of hydrogen-bond donors (Lipinski definition) is 0. The molecule has 0 aliphatic carbocycles. The van der Waals surface area contributed by atoms with E-state index >= 15 is 0 Å². The molecule has 2 aromatic carbocycles. The van der Waals surface area contributed by atoms with Gasteiger partial charge in [-0.05, 0) is 25.0 Å². The van der Waals surface area contributed by atoms with Gasteiger partial charge in [-0.15, -0.1) is 0 Å². The fraction of sp³-hybridized carbons (Fsp3) is 0.250. The van der Waals surface area contributed by atoms with Crippen molar-refractivity contribution in [1.29, 1.82) is 0 Å². The Balaban J connectivity index is 2.20. The minimum absolute atomic E-state index is 0.279. The third-order valence-electron chi connectivity index (χ3n) is 3.05. The molecule has 2 atom stereocenters. The first-order valence-electron chi connectivity index (χ1n) is 5.99. The predicted octanol–water partition coefficient (Wildman–Crippen LogP) is 5.88. The molecule has 94 valence electrons. The Labute approximate surface area is 126 Å². The van der Waals surface area contributed by atoms with E-state index in [1.54, 1.807) is 0 Å². The number of rotatable bonds is 3. The molecule has 0 amide bonds. The zero-order valence-electron chi connectivity index (χ0n) is 10.5. The summed E-state index contributed by atoms with van der Waals surface area (Å²) in [5, 5.41) is 0. The molecule has 18 heavy (non-hydrogen) atoms. The summed E-state index contributed by atoms with van der Waals surface area (Å²) in [6.45, 7) is 4.22. The Bertz CT molecular complexity index is 450. The number of hydrogen-bond acceptors (Lipinski definition) is 0. The highest BCUT2D eigenvalue weighted by Crippen LogP contribution is 2.42. The fourth-order valence-electron chi connectivity index (χ4n) is 1.84. The molecule has 0 heterocycles. The third kappa shape index (κ3) is 3.24. The lowest BCUT2D eigenvalue weighted by molar-refractivity contribution is 0.936. The Morgan fingerprint density at radius 2 is 0.889 bits per heavy atom. The molecule has 0 radical (unpaired) electrons. The second-order valence-corrected chi connectivity index (χ2v) is 6.60. The van der Waals surface area contributed by atoms with Crippen molar-refractivity contribution in [2.75, 3.05) is 0 Å². The maximum Gasteiger partial charge on any atom is 0.0561 e. The quantitative estimate of drug-likeness (QED) is 0.594. The summed E-state index contributed by atoms with van der Waals surface area (Å²) in [5.74, 6) is 0. The van der Waals surface area contributed by atoms with Gasteiger partial charge < -0.3 is 0 Å². The van der Waals surface area contributed by atoms with Crippen LogP contribution in [-0.4, -0.2) is 0 Å². The fourth-order valence-corrected chi connectivity index (χ4v) is 3.06. The first-order valence-corrected chi connectivity index (χ1v) is 7.82.